The van der Waals surface area contributed by atoms with Crippen molar-refractivity contribution < 1.29 is 19.6 Å². The summed E-state index contributed by atoms with van der Waals surface area (Å²) in [6, 6.07) is 29.4. The number of nitrogens with zero attached hydrogens (tertiary/aromatic N) is 2. The Bertz CT molecular complexity index is 1230. The number of hydrogen-bond donors (Lipinski definition) is 2. The van der Waals surface area contributed by atoms with E-state index in [0.717, 1.165) is 36.0 Å². The summed E-state index contributed by atoms with van der Waals surface area (Å²) in [6.45, 7) is 3.64. The van der Waals surface area contributed by atoms with Gasteiger partial charge in [-0.3, -0.25) is 19.6 Å². The topological polar surface area (TPSA) is 90.0 Å². The lowest BCUT2D eigenvalue weighted by Crippen LogP contribution is -2.51. The first-order chi connectivity index (χ1) is 20.5. The number of likely N-dealkylation sites (tertiary alicyclic amines) is 1. The maximum Gasteiger partial charge on any atom is 0.266 e. The van der Waals surface area contributed by atoms with E-state index in [1.807, 2.05) is 78.6 Å². The molecule has 0 aromatic heterocycles. The van der Waals surface area contributed by atoms with Crippen LogP contribution in [-0.4, -0.2) is 58.4 Å². The summed E-state index contributed by atoms with van der Waals surface area (Å²) in [4.78, 5) is 43.9. The molecular weight excluding hydrogens is 526 g/mol. The van der Waals surface area contributed by atoms with Crippen LogP contribution in [-0.2, 0) is 20.8 Å². The third-order valence-corrected chi connectivity index (χ3v) is 8.28. The fourth-order valence-electron chi connectivity index (χ4n) is 5.95. The van der Waals surface area contributed by atoms with Crippen LogP contribution in [0.3, 0.4) is 0 Å². The highest BCUT2D eigenvalue weighted by atomic mass is 16.5. The molecule has 1 aliphatic heterocycles. The molecule has 3 aromatic carbocycles. The average Bonchev–Trinajstić information content (AvgIpc) is 3.04. The summed E-state index contributed by atoms with van der Waals surface area (Å²) in [5.41, 5.74) is 5.13. The average molecular weight is 570 g/mol. The van der Waals surface area contributed by atoms with Crippen LogP contribution in [0.25, 0.3) is 0 Å². The molecule has 0 aliphatic carbocycles. The van der Waals surface area contributed by atoms with Crippen LogP contribution in [0.4, 0.5) is 0 Å². The van der Waals surface area contributed by atoms with Gasteiger partial charge in [0.2, 0.25) is 11.8 Å². The molecule has 0 radical (unpaired) electrons. The Morgan fingerprint density at radius 3 is 2.12 bits per heavy atom. The van der Waals surface area contributed by atoms with Crippen molar-refractivity contribution in [2.45, 2.75) is 63.8 Å². The van der Waals surface area contributed by atoms with Gasteiger partial charge in [0.25, 0.3) is 5.91 Å². The van der Waals surface area contributed by atoms with Gasteiger partial charge in [0.05, 0.1) is 0 Å². The SMILES string of the molecule is CCCCN(C(=O)C[C@H]1CCCN(CC(c2ccccc2)c2ccccc2)C1=O)[C@H](CCc1ccccc1)C(=O)NO. The number of piperidine rings is 1. The zero-order valence-corrected chi connectivity index (χ0v) is 24.5. The highest BCUT2D eigenvalue weighted by Gasteiger charge is 2.36. The highest BCUT2D eigenvalue weighted by Crippen LogP contribution is 2.30. The molecule has 1 aliphatic rings. The summed E-state index contributed by atoms with van der Waals surface area (Å²) in [7, 11) is 0. The van der Waals surface area contributed by atoms with Gasteiger partial charge in [0.1, 0.15) is 6.04 Å². The van der Waals surface area contributed by atoms with E-state index in [9.17, 15) is 19.6 Å². The van der Waals surface area contributed by atoms with Crippen LogP contribution in [0.2, 0.25) is 0 Å². The standard InChI is InChI=1S/C35H43N3O4/c1-2-3-24-38(32(34(40)36-42)22-21-27-14-7-4-8-15-27)33(39)25-30-20-13-23-37(35(30)41)26-31(28-16-9-5-10-17-28)29-18-11-6-12-19-29/h4-12,14-19,30-32,42H,2-3,13,20-26H2,1H3,(H,36,40)/t30-,32-/m1/s1. The Morgan fingerprint density at radius 1 is 0.952 bits per heavy atom. The minimum Gasteiger partial charge on any atom is -0.341 e. The number of unbranched alkanes of at least 4 members (excludes halogenated alkanes) is 1. The highest BCUT2D eigenvalue weighted by molar-refractivity contribution is 5.90. The number of carbonyl (C=O) groups is 3. The molecule has 0 saturated carbocycles. The number of rotatable bonds is 14. The van der Waals surface area contributed by atoms with Gasteiger partial charge in [-0.2, -0.15) is 0 Å². The number of hydrogen-bond acceptors (Lipinski definition) is 4. The van der Waals surface area contributed by atoms with E-state index in [2.05, 4.69) is 24.3 Å². The van der Waals surface area contributed by atoms with Gasteiger partial charge in [0, 0.05) is 37.9 Å². The van der Waals surface area contributed by atoms with Crippen molar-refractivity contribution in [2.24, 2.45) is 5.92 Å². The van der Waals surface area contributed by atoms with E-state index in [4.69, 9.17) is 0 Å². The minimum atomic E-state index is -0.815. The van der Waals surface area contributed by atoms with Crippen molar-refractivity contribution in [1.82, 2.24) is 15.3 Å². The molecule has 7 nitrogen and oxygen atoms in total. The fourth-order valence-corrected chi connectivity index (χ4v) is 5.95. The molecule has 3 amide bonds. The first-order valence-electron chi connectivity index (χ1n) is 15.2. The van der Waals surface area contributed by atoms with E-state index in [1.54, 1.807) is 10.4 Å². The van der Waals surface area contributed by atoms with E-state index < -0.39 is 17.9 Å². The van der Waals surface area contributed by atoms with Crippen LogP contribution in [0.5, 0.6) is 0 Å². The second kappa shape index (κ2) is 15.9. The number of amides is 3. The largest absolute Gasteiger partial charge is 0.341 e. The van der Waals surface area contributed by atoms with E-state index in [-0.39, 0.29) is 24.2 Å². The summed E-state index contributed by atoms with van der Waals surface area (Å²) in [5.74, 6) is -1.22. The molecule has 2 N–H and O–H groups in total. The van der Waals surface area contributed by atoms with Gasteiger partial charge in [-0.1, -0.05) is 104 Å². The van der Waals surface area contributed by atoms with Crippen molar-refractivity contribution in [3.05, 3.63) is 108 Å². The number of aryl methyl sites for hydroxylation is 1. The summed E-state index contributed by atoms with van der Waals surface area (Å²) in [5, 5.41) is 9.53. The lowest BCUT2D eigenvalue weighted by Gasteiger charge is -2.36. The Balaban J connectivity index is 1.49. The molecule has 0 bridgehead atoms. The van der Waals surface area contributed by atoms with Crippen molar-refractivity contribution in [2.75, 3.05) is 19.6 Å². The molecule has 2 atom stereocenters. The molecule has 1 saturated heterocycles. The zero-order chi connectivity index (χ0) is 29.7. The van der Waals surface area contributed by atoms with E-state index in [0.29, 0.717) is 38.9 Å². The van der Waals surface area contributed by atoms with Gasteiger partial charge in [-0.15, -0.1) is 0 Å². The van der Waals surface area contributed by atoms with E-state index in [1.165, 1.54) is 0 Å². The van der Waals surface area contributed by atoms with Crippen LogP contribution in [0.1, 0.15) is 68.1 Å². The summed E-state index contributed by atoms with van der Waals surface area (Å²) >= 11 is 0. The van der Waals surface area contributed by atoms with Crippen LogP contribution >= 0.6 is 0 Å². The lowest BCUT2D eigenvalue weighted by molar-refractivity contribution is -0.148. The molecule has 222 valence electrons. The van der Waals surface area contributed by atoms with Crippen molar-refractivity contribution >= 4 is 17.7 Å². The molecule has 3 aromatic rings. The number of hydroxylamine groups is 1. The third-order valence-electron chi connectivity index (χ3n) is 8.28. The van der Waals surface area contributed by atoms with E-state index >= 15 is 0 Å². The monoisotopic (exact) mass is 569 g/mol. The second-order valence-electron chi connectivity index (χ2n) is 11.2. The van der Waals surface area contributed by atoms with Gasteiger partial charge < -0.3 is 9.80 Å². The predicted molar refractivity (Wildman–Crippen MR) is 164 cm³/mol. The Labute approximate surface area is 249 Å². The first kappa shape index (κ1) is 31.0. The Morgan fingerprint density at radius 2 is 1.55 bits per heavy atom. The molecule has 7 heteroatoms. The number of carbonyl (C=O) groups excluding carboxylic acids is 3. The molecule has 4 rings (SSSR count). The van der Waals surface area contributed by atoms with Gasteiger partial charge in [0.15, 0.2) is 0 Å². The Hall–Kier alpha value is -3.97. The molecule has 0 spiro atoms. The smallest absolute Gasteiger partial charge is 0.266 e. The predicted octanol–water partition coefficient (Wildman–Crippen LogP) is 5.58. The van der Waals surface area contributed by atoms with Crippen molar-refractivity contribution in [1.29, 1.82) is 0 Å². The van der Waals surface area contributed by atoms with Crippen molar-refractivity contribution in [3.63, 3.8) is 0 Å². The zero-order valence-electron chi connectivity index (χ0n) is 24.5. The maximum absolute atomic E-state index is 13.8. The first-order valence-corrected chi connectivity index (χ1v) is 15.2. The van der Waals surface area contributed by atoms with Crippen LogP contribution in [0, 0.1) is 5.92 Å². The lowest BCUT2D eigenvalue weighted by atomic mass is 9.88. The molecular formula is C35H43N3O4. The van der Waals surface area contributed by atoms with Gasteiger partial charge >= 0.3 is 0 Å². The molecule has 0 unspecified atom stereocenters. The van der Waals surface area contributed by atoms with Crippen molar-refractivity contribution in [3.8, 4) is 0 Å². The second-order valence-corrected chi connectivity index (χ2v) is 11.2. The van der Waals surface area contributed by atoms with Crippen LogP contribution < -0.4 is 5.48 Å². The van der Waals surface area contributed by atoms with Gasteiger partial charge in [-0.05, 0) is 48.8 Å². The quantitative estimate of drug-likeness (QED) is 0.196. The number of benzene rings is 3. The molecule has 42 heavy (non-hydrogen) atoms. The van der Waals surface area contributed by atoms with Gasteiger partial charge in [-0.25, -0.2) is 5.48 Å². The molecule has 1 fully saturated rings. The number of nitrogens with one attached hydrogen (secondary N) is 1. The summed E-state index contributed by atoms with van der Waals surface area (Å²) < 4.78 is 0. The maximum atomic E-state index is 13.8. The Kier molecular flexibility index (Phi) is 11.7. The third kappa shape index (κ3) is 8.29. The van der Waals surface area contributed by atoms with Crippen LogP contribution in [0.15, 0.2) is 91.0 Å². The minimum absolute atomic E-state index is 0.00523. The fraction of sp³-hybridized carbons (Fsp3) is 0.400. The summed E-state index contributed by atoms with van der Waals surface area (Å²) in [6.07, 6.45) is 4.08. The normalized spacial score (nSPS) is 15.8. The molecule has 1 heterocycles.